The van der Waals surface area contributed by atoms with Crippen LogP contribution in [0.4, 0.5) is 4.79 Å². The Kier molecular flexibility index (Phi) is 8.20. The quantitative estimate of drug-likeness (QED) is 0.474. The third-order valence-corrected chi connectivity index (χ3v) is 4.94. The number of carbonyl (C=O) groups is 5. The van der Waals surface area contributed by atoms with Crippen LogP contribution in [0.15, 0.2) is 0 Å². The lowest BCUT2D eigenvalue weighted by Gasteiger charge is -2.38. The van der Waals surface area contributed by atoms with Crippen molar-refractivity contribution >= 4 is 29.7 Å². The first-order valence-corrected chi connectivity index (χ1v) is 10.3. The lowest BCUT2D eigenvalue weighted by atomic mass is 10.2. The monoisotopic (exact) mass is 440 g/mol. The van der Waals surface area contributed by atoms with Crippen molar-refractivity contribution in [1.29, 1.82) is 0 Å². The molecule has 2 aliphatic rings. The van der Waals surface area contributed by atoms with Crippen molar-refractivity contribution in [3.63, 3.8) is 0 Å². The number of rotatable bonds is 3. The van der Waals surface area contributed by atoms with Gasteiger partial charge in [-0.25, -0.2) is 4.79 Å². The van der Waals surface area contributed by atoms with E-state index in [2.05, 4.69) is 5.32 Å². The van der Waals surface area contributed by atoms with Gasteiger partial charge in [0.2, 0.25) is 11.8 Å². The zero-order valence-electron chi connectivity index (χ0n) is 18.4. The molecule has 0 bridgehead atoms. The van der Waals surface area contributed by atoms with Crippen LogP contribution in [-0.2, 0) is 23.9 Å². The van der Waals surface area contributed by atoms with Crippen LogP contribution in [0.1, 0.15) is 20.8 Å². The van der Waals surface area contributed by atoms with E-state index < -0.39 is 29.4 Å². The number of nitrogens with zero attached hydrogens (tertiary/aromatic N) is 4. The van der Waals surface area contributed by atoms with Crippen LogP contribution in [0.25, 0.3) is 0 Å². The molecule has 0 aromatic heterocycles. The number of hydrogen-bond donors (Lipinski definition) is 2. The van der Waals surface area contributed by atoms with Crippen LogP contribution >= 0.6 is 0 Å². The van der Waals surface area contributed by atoms with Crippen LogP contribution in [0.3, 0.4) is 0 Å². The summed E-state index contributed by atoms with van der Waals surface area (Å²) in [6.07, 6.45) is -0.436. The van der Waals surface area contributed by atoms with E-state index in [9.17, 15) is 24.0 Å². The maximum atomic E-state index is 12.6. The van der Waals surface area contributed by atoms with E-state index in [4.69, 9.17) is 10.5 Å². The molecule has 0 aromatic carbocycles. The zero-order chi connectivity index (χ0) is 23.2. The molecule has 2 heterocycles. The summed E-state index contributed by atoms with van der Waals surface area (Å²) < 4.78 is 5.33. The molecule has 2 aliphatic heterocycles. The fraction of sp³-hybridized carbons (Fsp3) is 0.737. The van der Waals surface area contributed by atoms with Gasteiger partial charge in [0.15, 0.2) is 0 Å². The Hall–Kier alpha value is -2.89. The minimum atomic E-state index is -0.616. The molecule has 12 heteroatoms. The van der Waals surface area contributed by atoms with Gasteiger partial charge in [-0.1, -0.05) is 0 Å². The highest BCUT2D eigenvalue weighted by molar-refractivity contribution is 6.35. The van der Waals surface area contributed by atoms with Crippen LogP contribution in [0.5, 0.6) is 0 Å². The molecule has 3 N–H and O–H groups in total. The first-order chi connectivity index (χ1) is 14.5. The fourth-order valence-electron chi connectivity index (χ4n) is 3.21. The molecule has 2 fully saturated rings. The molecule has 2 rings (SSSR count). The standard InChI is InChI=1S/C19H32N6O6/c1-19(2,3)31-18(30)25-10-8-24(9-11-25)17(29)16(28)23-6-4-22(5-7-23)15(27)13-21-14(26)12-20/h4-13,20H2,1-3H3,(H,21,26). The van der Waals surface area contributed by atoms with Crippen molar-refractivity contribution < 1.29 is 28.7 Å². The number of nitrogens with two attached hydrogens (primary N) is 1. The van der Waals surface area contributed by atoms with Crippen LogP contribution in [0, 0.1) is 0 Å². The Morgan fingerprint density at radius 2 is 1.19 bits per heavy atom. The molecule has 0 atom stereocenters. The summed E-state index contributed by atoms with van der Waals surface area (Å²) in [6, 6.07) is 0. The molecule has 2 saturated heterocycles. The van der Waals surface area contributed by atoms with E-state index in [-0.39, 0.29) is 58.3 Å². The SMILES string of the molecule is CC(C)(C)OC(=O)N1CCN(C(=O)C(=O)N2CCN(C(=O)CNC(=O)CN)CC2)CC1. The zero-order valence-corrected chi connectivity index (χ0v) is 18.4. The highest BCUT2D eigenvalue weighted by Crippen LogP contribution is 2.12. The Balaban J connectivity index is 1.77. The third kappa shape index (κ3) is 7.09. The summed E-state index contributed by atoms with van der Waals surface area (Å²) in [4.78, 5) is 66.5. The summed E-state index contributed by atoms with van der Waals surface area (Å²) in [5.41, 5.74) is 4.58. The molecule has 0 unspecified atom stereocenters. The molecule has 5 amide bonds. The third-order valence-electron chi connectivity index (χ3n) is 4.94. The topological polar surface area (TPSA) is 146 Å². The molecule has 0 aliphatic carbocycles. The first-order valence-electron chi connectivity index (χ1n) is 10.3. The first kappa shape index (κ1) is 24.4. The Morgan fingerprint density at radius 1 is 0.774 bits per heavy atom. The molecular formula is C19H32N6O6. The van der Waals surface area contributed by atoms with Gasteiger partial charge in [0.25, 0.3) is 0 Å². The van der Waals surface area contributed by atoms with E-state index in [1.807, 2.05) is 0 Å². The summed E-state index contributed by atoms with van der Waals surface area (Å²) in [7, 11) is 0. The lowest BCUT2D eigenvalue weighted by molar-refractivity contribution is -0.154. The summed E-state index contributed by atoms with van der Waals surface area (Å²) in [5, 5.41) is 2.42. The van der Waals surface area contributed by atoms with E-state index in [1.54, 1.807) is 20.8 Å². The largest absolute Gasteiger partial charge is 0.444 e. The molecule has 0 aromatic rings. The minimum Gasteiger partial charge on any atom is -0.444 e. The van der Waals surface area contributed by atoms with Gasteiger partial charge in [0.1, 0.15) is 5.60 Å². The van der Waals surface area contributed by atoms with Gasteiger partial charge in [-0.05, 0) is 20.8 Å². The van der Waals surface area contributed by atoms with Gasteiger partial charge in [-0.3, -0.25) is 19.2 Å². The molecule has 0 spiro atoms. The van der Waals surface area contributed by atoms with Gasteiger partial charge in [0.05, 0.1) is 13.1 Å². The van der Waals surface area contributed by atoms with Crippen molar-refractivity contribution in [2.75, 3.05) is 65.4 Å². The predicted octanol–water partition coefficient (Wildman–Crippen LogP) is -2.19. The number of amides is 5. The van der Waals surface area contributed by atoms with Crippen molar-refractivity contribution in [3.8, 4) is 0 Å². The van der Waals surface area contributed by atoms with Gasteiger partial charge in [-0.15, -0.1) is 0 Å². The van der Waals surface area contributed by atoms with Crippen molar-refractivity contribution in [2.24, 2.45) is 5.73 Å². The predicted molar refractivity (Wildman–Crippen MR) is 110 cm³/mol. The maximum absolute atomic E-state index is 12.6. The average molecular weight is 441 g/mol. The Morgan fingerprint density at radius 3 is 1.61 bits per heavy atom. The van der Waals surface area contributed by atoms with Crippen LogP contribution in [0.2, 0.25) is 0 Å². The second-order valence-electron chi connectivity index (χ2n) is 8.41. The molecule has 31 heavy (non-hydrogen) atoms. The number of hydrogen-bond acceptors (Lipinski definition) is 7. The van der Waals surface area contributed by atoms with Gasteiger partial charge in [-0.2, -0.15) is 0 Å². The lowest BCUT2D eigenvalue weighted by Crippen LogP contribution is -2.58. The molecule has 0 saturated carbocycles. The summed E-state index contributed by atoms with van der Waals surface area (Å²) >= 11 is 0. The maximum Gasteiger partial charge on any atom is 0.410 e. The Labute approximate surface area is 181 Å². The van der Waals surface area contributed by atoms with E-state index in [0.29, 0.717) is 13.1 Å². The van der Waals surface area contributed by atoms with Crippen molar-refractivity contribution in [3.05, 3.63) is 0 Å². The number of carbonyl (C=O) groups excluding carboxylic acids is 5. The van der Waals surface area contributed by atoms with E-state index in [1.165, 1.54) is 19.6 Å². The molecular weight excluding hydrogens is 408 g/mol. The van der Waals surface area contributed by atoms with Crippen molar-refractivity contribution in [1.82, 2.24) is 24.9 Å². The molecule has 174 valence electrons. The second kappa shape index (κ2) is 10.4. The summed E-state index contributed by atoms with van der Waals surface area (Å²) in [5.74, 6) is -1.91. The van der Waals surface area contributed by atoms with E-state index in [0.717, 1.165) is 0 Å². The van der Waals surface area contributed by atoms with Gasteiger partial charge >= 0.3 is 17.9 Å². The minimum absolute atomic E-state index is 0.148. The van der Waals surface area contributed by atoms with Crippen LogP contribution < -0.4 is 11.1 Å². The van der Waals surface area contributed by atoms with E-state index >= 15 is 0 Å². The second-order valence-corrected chi connectivity index (χ2v) is 8.41. The molecule has 0 radical (unpaired) electrons. The van der Waals surface area contributed by atoms with Crippen LogP contribution in [-0.4, -0.2) is 120 Å². The molecule has 12 nitrogen and oxygen atoms in total. The highest BCUT2D eigenvalue weighted by atomic mass is 16.6. The number of nitrogens with one attached hydrogen (secondary N) is 1. The van der Waals surface area contributed by atoms with Gasteiger partial charge in [0, 0.05) is 52.4 Å². The highest BCUT2D eigenvalue weighted by Gasteiger charge is 2.33. The Bertz CT molecular complexity index is 705. The number of piperazine rings is 2. The van der Waals surface area contributed by atoms with Gasteiger partial charge < -0.3 is 35.4 Å². The normalized spacial score (nSPS) is 17.3. The fourth-order valence-corrected chi connectivity index (χ4v) is 3.21. The van der Waals surface area contributed by atoms with Crippen molar-refractivity contribution in [2.45, 2.75) is 26.4 Å². The smallest absolute Gasteiger partial charge is 0.410 e. The number of ether oxygens (including phenoxy) is 1. The summed E-state index contributed by atoms with van der Waals surface area (Å²) in [6.45, 7) is 7.15. The average Bonchev–Trinajstić information content (AvgIpc) is 2.75.